The zero-order chi connectivity index (χ0) is 41.5. The summed E-state index contributed by atoms with van der Waals surface area (Å²) in [5.74, 6) is -1.09. The molecule has 2 saturated heterocycles. The van der Waals surface area contributed by atoms with Gasteiger partial charge in [0.25, 0.3) is 0 Å². The molecular weight excluding hydrogens is 788 g/mol. The van der Waals surface area contributed by atoms with Crippen molar-refractivity contribution in [1.29, 1.82) is 0 Å². The molecule has 3 heterocycles. The van der Waals surface area contributed by atoms with Gasteiger partial charge in [0, 0.05) is 51.5 Å². The molecule has 15 nitrogen and oxygen atoms in total. The fourth-order valence-electron chi connectivity index (χ4n) is 6.58. The van der Waals surface area contributed by atoms with Gasteiger partial charge in [-0.05, 0) is 51.3 Å². The molecule has 0 aromatic heterocycles. The Morgan fingerprint density at radius 2 is 1.93 bits per heavy atom. The molecule has 0 radical (unpaired) electrons. The molecule has 8 unspecified atom stereocenters. The Hall–Kier alpha value is -3.48. The molecule has 310 valence electrons. The molecule has 4 N–H and O–H groups in total. The molecule has 4 bridgehead atoms. The summed E-state index contributed by atoms with van der Waals surface area (Å²) in [7, 11) is 8.97. The number of hydrogen-bond donors (Lipinski definition) is 3. The van der Waals surface area contributed by atoms with Crippen molar-refractivity contribution in [3.63, 3.8) is 0 Å². The first-order valence-electron chi connectivity index (χ1n) is 18.2. The Labute approximate surface area is 340 Å². The Kier molecular flexibility index (Phi) is 15.6. The number of methoxy groups -OCH3 is 2. The number of epoxide rings is 1. The summed E-state index contributed by atoms with van der Waals surface area (Å²) in [6, 6.07) is 2.51. The maximum atomic E-state index is 14.1. The topological polar surface area (TPSA) is 200 Å². The second-order valence-corrected chi connectivity index (χ2v) is 17.8. The first-order chi connectivity index (χ1) is 26.3. The minimum Gasteiger partial charge on any atom is -0.495 e. The number of aliphatic hydroxyl groups is 1. The van der Waals surface area contributed by atoms with Crippen LogP contribution in [-0.2, 0) is 44.5 Å². The lowest BCUT2D eigenvalue weighted by molar-refractivity contribution is -0.162. The van der Waals surface area contributed by atoms with Crippen LogP contribution in [0.4, 0.5) is 10.5 Å². The van der Waals surface area contributed by atoms with Crippen LogP contribution in [-0.4, -0.2) is 121 Å². The van der Waals surface area contributed by atoms with Crippen LogP contribution in [0.1, 0.15) is 65.4 Å². The summed E-state index contributed by atoms with van der Waals surface area (Å²) in [6.07, 6.45) is 1.09. The summed E-state index contributed by atoms with van der Waals surface area (Å²) >= 11 is 6.74. The highest BCUT2D eigenvalue weighted by atomic mass is 35.5. The van der Waals surface area contributed by atoms with Gasteiger partial charge in [-0.1, -0.05) is 63.9 Å². The molecule has 4 rings (SSSR count). The van der Waals surface area contributed by atoms with Crippen LogP contribution >= 0.6 is 33.2 Å². The lowest BCUT2D eigenvalue weighted by Crippen LogP contribution is -2.63. The predicted molar refractivity (Wildman–Crippen MR) is 214 cm³/mol. The number of allylic oxidation sites excluding steroid dienone is 3. The number of fused-ring (bicyclic) bond motifs is 6. The predicted octanol–water partition coefficient (Wildman–Crippen LogP) is 4.30. The number of primary amides is 1. The number of anilines is 1. The van der Waals surface area contributed by atoms with Gasteiger partial charge >= 0.3 is 12.1 Å². The molecule has 56 heavy (non-hydrogen) atoms. The lowest BCUT2D eigenvalue weighted by atomic mass is 9.88. The monoisotopic (exact) mass is 840 g/mol. The third-order valence-corrected chi connectivity index (χ3v) is 13.6. The van der Waals surface area contributed by atoms with E-state index < -0.39 is 59.8 Å². The van der Waals surface area contributed by atoms with Crippen molar-refractivity contribution in [3.05, 3.63) is 46.5 Å². The Morgan fingerprint density at radius 1 is 1.21 bits per heavy atom. The highest BCUT2D eigenvalue weighted by Crippen LogP contribution is 2.48. The molecular formula is C38H53ClN4O11S2. The minimum atomic E-state index is -1.90. The second-order valence-electron chi connectivity index (χ2n) is 14.5. The third-order valence-electron chi connectivity index (χ3n) is 10.2. The first kappa shape index (κ1) is 45.2. The van der Waals surface area contributed by atoms with Crippen LogP contribution < -0.4 is 20.7 Å². The van der Waals surface area contributed by atoms with E-state index in [1.54, 1.807) is 49.1 Å². The molecule has 0 saturated carbocycles. The number of carbonyl (C=O) groups is 5. The number of nitrogens with one attached hydrogen (secondary N) is 1. The number of amides is 4. The van der Waals surface area contributed by atoms with E-state index in [0.29, 0.717) is 30.0 Å². The van der Waals surface area contributed by atoms with Crippen LogP contribution in [0.2, 0.25) is 5.02 Å². The number of likely N-dealkylation sites (N-methyl/N-ethyl adjacent to an activating group) is 1. The number of benzene rings is 1. The van der Waals surface area contributed by atoms with Crippen molar-refractivity contribution in [2.75, 3.05) is 39.0 Å². The number of hydrogen-bond acceptors (Lipinski definition) is 13. The van der Waals surface area contributed by atoms with E-state index in [9.17, 15) is 29.1 Å². The number of halogens is 1. The quantitative estimate of drug-likeness (QED) is 0.110. The van der Waals surface area contributed by atoms with Crippen molar-refractivity contribution in [1.82, 2.24) is 10.2 Å². The summed E-state index contributed by atoms with van der Waals surface area (Å²) in [6.45, 7) is 7.04. The Morgan fingerprint density at radius 3 is 2.59 bits per heavy atom. The number of nitrogens with two attached hydrogens (primary N) is 1. The largest absolute Gasteiger partial charge is 0.495 e. The number of carbonyl (C=O) groups excluding carboxylic acids is 5. The lowest BCUT2D eigenvalue weighted by Gasteiger charge is -2.40. The van der Waals surface area contributed by atoms with Gasteiger partial charge in [-0.3, -0.25) is 19.7 Å². The third kappa shape index (κ3) is 11.1. The van der Waals surface area contributed by atoms with Crippen molar-refractivity contribution in [3.8, 4) is 5.75 Å². The van der Waals surface area contributed by atoms with Gasteiger partial charge in [-0.25, -0.2) is 9.59 Å². The number of esters is 1. The number of nitrogens with zero attached hydrogens (tertiary/aromatic N) is 2. The molecule has 4 amide bonds. The van der Waals surface area contributed by atoms with Crippen molar-refractivity contribution >= 4 is 68.7 Å². The highest BCUT2D eigenvalue weighted by Gasteiger charge is 2.66. The standard InChI is InChI=1S/C38H53ClN4O11S2/c1-21-10-9-11-28(51-8)38(49)20-27(52-36(48)41-38)34-37(4,54-34)29(19-32(46)43(6)25-17-24(16-21)18-26(50-7)33(25)39)53-35(47)23(3)42(5)31(45)14-15-55-56-22(2)12-13-30(40)44/h9-11,17-18,22-23,27-29,34,49H,12-16,19-20H2,1-8H3,(H2,40,44)(H,41,48)/b11-9+,21-10+. The maximum absolute atomic E-state index is 14.1. The van der Waals surface area contributed by atoms with Crippen LogP contribution in [0.25, 0.3) is 0 Å². The van der Waals surface area contributed by atoms with Crippen molar-refractivity contribution in [2.24, 2.45) is 5.73 Å². The molecule has 8 atom stereocenters. The van der Waals surface area contributed by atoms with Gasteiger partial charge in [0.05, 0.1) is 19.2 Å². The molecule has 1 aromatic carbocycles. The van der Waals surface area contributed by atoms with Gasteiger partial charge in [0.15, 0.2) is 5.72 Å². The van der Waals surface area contributed by atoms with Gasteiger partial charge in [0.2, 0.25) is 17.7 Å². The van der Waals surface area contributed by atoms with E-state index in [1.165, 1.54) is 48.8 Å². The Balaban J connectivity index is 1.61. The summed E-state index contributed by atoms with van der Waals surface area (Å²) < 4.78 is 28.9. The highest BCUT2D eigenvalue weighted by molar-refractivity contribution is 8.76. The SMILES string of the molecule is COc1cc2cc(c1Cl)N(C)C(=O)CC(OC(=O)C(C)N(C)C(=O)CCSSC(C)CCC(N)=O)C1(C)OC1C1CC(O)(NC(=O)O1)C(OC)/C=C/C=C(\C)C2. The summed E-state index contributed by atoms with van der Waals surface area (Å²) in [4.78, 5) is 67.6. The van der Waals surface area contributed by atoms with E-state index in [0.717, 1.165) is 11.1 Å². The van der Waals surface area contributed by atoms with Crippen molar-refractivity contribution in [2.45, 2.75) is 113 Å². The van der Waals surface area contributed by atoms with Crippen LogP contribution in [0.15, 0.2) is 35.9 Å². The van der Waals surface area contributed by atoms with Crippen LogP contribution in [0, 0.1) is 0 Å². The molecule has 18 heteroatoms. The number of rotatable bonds is 13. The average Bonchev–Trinajstić information content (AvgIpc) is 3.85. The van der Waals surface area contributed by atoms with Crippen LogP contribution in [0.3, 0.4) is 0 Å². The normalized spacial score (nSPS) is 29.1. The zero-order valence-corrected chi connectivity index (χ0v) is 35.4. The Bertz CT molecular complexity index is 1720. The maximum Gasteiger partial charge on any atom is 0.409 e. The molecule has 0 spiro atoms. The molecule has 3 aliphatic rings. The van der Waals surface area contributed by atoms with E-state index >= 15 is 0 Å². The van der Waals surface area contributed by atoms with Crippen molar-refractivity contribution < 1.29 is 52.8 Å². The average molecular weight is 841 g/mol. The first-order valence-corrected chi connectivity index (χ1v) is 21.0. The van der Waals surface area contributed by atoms with E-state index in [1.807, 2.05) is 19.9 Å². The molecule has 0 aliphatic carbocycles. The number of alkyl carbamates (subject to hydrolysis) is 1. The van der Waals surface area contributed by atoms with Gasteiger partial charge in [-0.2, -0.15) is 0 Å². The fourth-order valence-corrected chi connectivity index (χ4v) is 9.22. The molecule has 3 aliphatic heterocycles. The summed E-state index contributed by atoms with van der Waals surface area (Å²) in [5.41, 5.74) is 4.05. The van der Waals surface area contributed by atoms with E-state index in [4.69, 9.17) is 41.0 Å². The van der Waals surface area contributed by atoms with E-state index in [-0.39, 0.29) is 47.8 Å². The van der Waals surface area contributed by atoms with E-state index in [2.05, 4.69) is 5.32 Å². The molecule has 2 fully saturated rings. The molecule has 1 aromatic rings. The smallest absolute Gasteiger partial charge is 0.409 e. The van der Waals surface area contributed by atoms with Crippen LogP contribution in [0.5, 0.6) is 5.75 Å². The zero-order valence-electron chi connectivity index (χ0n) is 33.0. The summed E-state index contributed by atoms with van der Waals surface area (Å²) in [5, 5.41) is 14.6. The fraction of sp³-hybridized carbons (Fsp3) is 0.605. The van der Waals surface area contributed by atoms with Gasteiger partial charge in [0.1, 0.15) is 46.8 Å². The minimum absolute atomic E-state index is 0.143. The van der Waals surface area contributed by atoms with Gasteiger partial charge in [-0.15, -0.1) is 0 Å². The number of ether oxygens (including phenoxy) is 5. The van der Waals surface area contributed by atoms with Gasteiger partial charge < -0.3 is 44.3 Å². The second kappa shape index (κ2) is 19.3.